The van der Waals surface area contributed by atoms with E-state index in [1.54, 1.807) is 14.2 Å². The average molecular weight is 512 g/mol. The van der Waals surface area contributed by atoms with Crippen LogP contribution in [0.5, 0.6) is 0 Å². The largest absolute Gasteiger partial charge is 0.383 e. The summed E-state index contributed by atoms with van der Waals surface area (Å²) < 4.78 is 7.07. The standard InChI is InChI=1S/C20H28N6O2.HI/c1-21-19(22-13-20(27)10-9-14-5-3-4-6-16(14)20)23-15-7-8-18-24-17(12-28-2)25-26(18)11-15;/h3-6,15,27H,7-13H2,1-2H3,(H2,21,22,23);1H. The number of ether oxygens (including phenoxy) is 1. The lowest BCUT2D eigenvalue weighted by Gasteiger charge is -2.28. The Morgan fingerprint density at radius 1 is 1.38 bits per heavy atom. The molecule has 3 N–H and O–H groups in total. The van der Waals surface area contributed by atoms with Crippen molar-refractivity contribution in [3.63, 3.8) is 0 Å². The van der Waals surface area contributed by atoms with Crippen molar-refractivity contribution in [3.8, 4) is 0 Å². The molecule has 0 radical (unpaired) electrons. The molecule has 1 aliphatic heterocycles. The first-order chi connectivity index (χ1) is 13.6. The highest BCUT2D eigenvalue weighted by Gasteiger charge is 2.36. The minimum Gasteiger partial charge on any atom is -0.383 e. The first kappa shape index (κ1) is 22.0. The monoisotopic (exact) mass is 512 g/mol. The van der Waals surface area contributed by atoms with Gasteiger partial charge in [-0.15, -0.1) is 24.0 Å². The summed E-state index contributed by atoms with van der Waals surface area (Å²) in [6.07, 6.45) is 3.45. The Morgan fingerprint density at radius 3 is 3.00 bits per heavy atom. The van der Waals surface area contributed by atoms with Crippen LogP contribution in [0.3, 0.4) is 0 Å². The summed E-state index contributed by atoms with van der Waals surface area (Å²) in [6, 6.07) is 8.33. The molecule has 0 saturated carbocycles. The number of nitrogens with zero attached hydrogens (tertiary/aromatic N) is 4. The Balaban J connectivity index is 0.00000240. The SMILES string of the molecule is CN=C(NCC1(O)CCc2ccccc21)NC1CCc2nc(COC)nn2C1.I. The summed E-state index contributed by atoms with van der Waals surface area (Å²) in [4.78, 5) is 8.85. The molecule has 1 aromatic carbocycles. The van der Waals surface area contributed by atoms with E-state index in [-0.39, 0.29) is 30.0 Å². The number of aromatic nitrogens is 3. The average Bonchev–Trinajstić information content (AvgIpc) is 3.26. The molecule has 2 aliphatic rings. The van der Waals surface area contributed by atoms with E-state index in [9.17, 15) is 5.11 Å². The fourth-order valence-electron chi connectivity index (χ4n) is 4.14. The molecule has 0 amide bonds. The maximum Gasteiger partial charge on any atom is 0.191 e. The quantitative estimate of drug-likeness (QED) is 0.318. The van der Waals surface area contributed by atoms with Gasteiger partial charge in [0.2, 0.25) is 0 Å². The zero-order valence-electron chi connectivity index (χ0n) is 16.9. The van der Waals surface area contributed by atoms with Gasteiger partial charge in [-0.1, -0.05) is 24.3 Å². The predicted octanol–water partition coefficient (Wildman–Crippen LogP) is 1.36. The van der Waals surface area contributed by atoms with Gasteiger partial charge in [0, 0.05) is 26.6 Å². The lowest BCUT2D eigenvalue weighted by atomic mass is 9.96. The Morgan fingerprint density at radius 2 is 2.21 bits per heavy atom. The Hall–Kier alpha value is -1.72. The highest BCUT2D eigenvalue weighted by Crippen LogP contribution is 2.36. The molecule has 8 nitrogen and oxygen atoms in total. The number of rotatable bonds is 5. The third kappa shape index (κ3) is 4.72. The zero-order valence-corrected chi connectivity index (χ0v) is 19.2. The fraction of sp³-hybridized carbons (Fsp3) is 0.550. The van der Waals surface area contributed by atoms with E-state index >= 15 is 0 Å². The first-order valence-electron chi connectivity index (χ1n) is 9.81. The Kier molecular flexibility index (Phi) is 7.12. The normalized spacial score (nSPS) is 23.1. The molecule has 158 valence electrons. The van der Waals surface area contributed by atoms with E-state index in [4.69, 9.17) is 4.74 Å². The lowest BCUT2D eigenvalue weighted by Crippen LogP contribution is -2.50. The van der Waals surface area contributed by atoms with Crippen LogP contribution in [0.25, 0.3) is 0 Å². The fourth-order valence-corrected chi connectivity index (χ4v) is 4.14. The molecular weight excluding hydrogens is 483 g/mol. The van der Waals surface area contributed by atoms with Crippen molar-refractivity contribution in [1.29, 1.82) is 0 Å². The van der Waals surface area contributed by atoms with Crippen LogP contribution < -0.4 is 10.6 Å². The van der Waals surface area contributed by atoms with Crippen molar-refractivity contribution in [1.82, 2.24) is 25.4 Å². The van der Waals surface area contributed by atoms with E-state index in [2.05, 4.69) is 31.8 Å². The molecule has 1 aliphatic carbocycles. The number of halogens is 1. The number of fused-ring (bicyclic) bond motifs is 2. The van der Waals surface area contributed by atoms with Crippen molar-refractivity contribution in [2.75, 3.05) is 20.7 Å². The van der Waals surface area contributed by atoms with Gasteiger partial charge in [0.1, 0.15) is 18.0 Å². The van der Waals surface area contributed by atoms with Gasteiger partial charge in [0.25, 0.3) is 0 Å². The molecule has 0 saturated heterocycles. The second-order valence-electron chi connectivity index (χ2n) is 7.55. The molecule has 2 unspecified atom stereocenters. The molecule has 0 spiro atoms. The van der Waals surface area contributed by atoms with Crippen molar-refractivity contribution in [3.05, 3.63) is 47.0 Å². The highest BCUT2D eigenvalue weighted by atomic mass is 127. The second-order valence-corrected chi connectivity index (χ2v) is 7.55. The molecule has 1 aromatic heterocycles. The molecule has 2 atom stereocenters. The minimum atomic E-state index is -0.852. The second kappa shape index (κ2) is 9.40. The van der Waals surface area contributed by atoms with Crippen LogP contribution in [-0.4, -0.2) is 52.6 Å². The van der Waals surface area contributed by atoms with Crippen molar-refractivity contribution >= 4 is 29.9 Å². The van der Waals surface area contributed by atoms with E-state index < -0.39 is 5.60 Å². The number of methoxy groups -OCH3 is 1. The molecule has 2 aromatic rings. The van der Waals surface area contributed by atoms with Gasteiger partial charge in [0.05, 0.1) is 13.1 Å². The Bertz CT molecular complexity index is 870. The van der Waals surface area contributed by atoms with Crippen LogP contribution in [0.1, 0.15) is 35.6 Å². The molecule has 2 heterocycles. The number of aryl methyl sites for hydroxylation is 2. The number of guanidine groups is 1. The van der Waals surface area contributed by atoms with Gasteiger partial charge in [-0.25, -0.2) is 9.67 Å². The van der Waals surface area contributed by atoms with Gasteiger partial charge < -0.3 is 20.5 Å². The smallest absolute Gasteiger partial charge is 0.191 e. The number of nitrogens with one attached hydrogen (secondary N) is 2. The molecule has 29 heavy (non-hydrogen) atoms. The van der Waals surface area contributed by atoms with E-state index in [0.717, 1.165) is 49.4 Å². The Labute approximate surface area is 188 Å². The summed E-state index contributed by atoms with van der Waals surface area (Å²) in [7, 11) is 3.40. The topological polar surface area (TPSA) is 96.6 Å². The third-order valence-corrected chi connectivity index (χ3v) is 5.61. The van der Waals surface area contributed by atoms with E-state index in [1.807, 2.05) is 22.9 Å². The van der Waals surface area contributed by atoms with E-state index in [1.165, 1.54) is 5.56 Å². The van der Waals surface area contributed by atoms with Gasteiger partial charge in [-0.2, -0.15) is 5.10 Å². The molecule has 0 bridgehead atoms. The summed E-state index contributed by atoms with van der Waals surface area (Å²) in [6.45, 7) is 1.60. The predicted molar refractivity (Wildman–Crippen MR) is 121 cm³/mol. The van der Waals surface area contributed by atoms with Gasteiger partial charge >= 0.3 is 0 Å². The number of aliphatic hydroxyl groups is 1. The van der Waals surface area contributed by atoms with Crippen LogP contribution in [0, 0.1) is 0 Å². The maximum atomic E-state index is 11.1. The van der Waals surface area contributed by atoms with E-state index in [0.29, 0.717) is 19.1 Å². The van der Waals surface area contributed by atoms with Crippen molar-refractivity contribution in [2.24, 2.45) is 4.99 Å². The summed E-state index contributed by atoms with van der Waals surface area (Å²) in [5, 5.41) is 22.4. The zero-order chi connectivity index (χ0) is 19.6. The van der Waals surface area contributed by atoms with Crippen LogP contribution in [-0.2, 0) is 36.3 Å². The minimum absolute atomic E-state index is 0. The maximum absolute atomic E-state index is 11.1. The number of hydrogen-bond donors (Lipinski definition) is 3. The summed E-state index contributed by atoms with van der Waals surface area (Å²) >= 11 is 0. The molecule has 9 heteroatoms. The van der Waals surface area contributed by atoms with Crippen molar-refractivity contribution in [2.45, 2.75) is 50.5 Å². The number of hydrogen-bond acceptors (Lipinski definition) is 5. The summed E-state index contributed by atoms with van der Waals surface area (Å²) in [5.41, 5.74) is 1.40. The van der Waals surface area contributed by atoms with Crippen molar-refractivity contribution < 1.29 is 9.84 Å². The lowest BCUT2D eigenvalue weighted by molar-refractivity contribution is 0.0431. The van der Waals surface area contributed by atoms with Crippen LogP contribution >= 0.6 is 24.0 Å². The highest BCUT2D eigenvalue weighted by molar-refractivity contribution is 14.0. The van der Waals surface area contributed by atoms with Crippen LogP contribution in [0.15, 0.2) is 29.3 Å². The molecule has 0 fully saturated rings. The molecule has 4 rings (SSSR count). The third-order valence-electron chi connectivity index (χ3n) is 5.61. The number of benzene rings is 1. The first-order valence-corrected chi connectivity index (χ1v) is 9.81. The van der Waals surface area contributed by atoms with Gasteiger partial charge in [-0.05, 0) is 30.4 Å². The summed E-state index contributed by atoms with van der Waals surface area (Å²) in [5.74, 6) is 2.43. The molecular formula is C20H29IN6O2. The van der Waals surface area contributed by atoms with Gasteiger partial charge in [0.15, 0.2) is 11.8 Å². The van der Waals surface area contributed by atoms with Gasteiger partial charge in [-0.3, -0.25) is 4.99 Å². The van der Waals surface area contributed by atoms with Crippen LogP contribution in [0.4, 0.5) is 0 Å². The van der Waals surface area contributed by atoms with Crippen LogP contribution in [0.2, 0.25) is 0 Å². The number of aliphatic imine (C=N–C) groups is 1.